The van der Waals surface area contributed by atoms with Crippen LogP contribution in [0.2, 0.25) is 0 Å². The zero-order valence-corrected chi connectivity index (χ0v) is 15.0. The van der Waals surface area contributed by atoms with Gasteiger partial charge in [0.25, 0.3) is 10.0 Å². The van der Waals surface area contributed by atoms with Crippen LogP contribution in [0.25, 0.3) is 0 Å². The van der Waals surface area contributed by atoms with Crippen LogP contribution in [-0.4, -0.2) is 21.7 Å². The topological polar surface area (TPSA) is 55.7 Å². The fraction of sp³-hybridized carbons (Fsp3) is 0.0833. The zero-order chi connectivity index (χ0) is 14.8. The summed E-state index contributed by atoms with van der Waals surface area (Å²) >= 11 is 7.84. The third-order valence-electron chi connectivity index (χ3n) is 2.31. The maximum absolute atomic E-state index is 11.9. The maximum atomic E-state index is 11.9. The molecule has 0 aliphatic rings. The largest absolute Gasteiger partial charge is 0.494 e. The van der Waals surface area contributed by atoms with Crippen molar-refractivity contribution in [3.05, 3.63) is 44.2 Å². The van der Waals surface area contributed by atoms with Crippen molar-refractivity contribution in [2.75, 3.05) is 7.11 Å². The highest BCUT2D eigenvalue weighted by molar-refractivity contribution is 9.11. The van der Waals surface area contributed by atoms with Gasteiger partial charge in [-0.15, -0.1) is 11.3 Å². The lowest BCUT2D eigenvalue weighted by Gasteiger charge is -2.06. The summed E-state index contributed by atoms with van der Waals surface area (Å²) in [6.07, 6.45) is 1.31. The van der Waals surface area contributed by atoms with Gasteiger partial charge >= 0.3 is 0 Å². The van der Waals surface area contributed by atoms with E-state index in [9.17, 15) is 8.42 Å². The number of rotatable bonds is 4. The smallest absolute Gasteiger partial charge is 0.291 e. The summed E-state index contributed by atoms with van der Waals surface area (Å²) in [6.45, 7) is 0. The predicted molar refractivity (Wildman–Crippen MR) is 87.5 cm³/mol. The van der Waals surface area contributed by atoms with Crippen molar-refractivity contribution in [2.45, 2.75) is 4.21 Å². The van der Waals surface area contributed by atoms with Crippen molar-refractivity contribution in [1.29, 1.82) is 0 Å². The molecule has 4 nitrogen and oxygen atoms in total. The normalized spacial score (nSPS) is 11.9. The molecule has 0 aliphatic heterocycles. The Kier molecular flexibility index (Phi) is 5.00. The molecule has 0 atom stereocenters. The molecule has 0 fully saturated rings. The number of hydrogen-bond donors (Lipinski definition) is 0. The molecule has 0 N–H and O–H groups in total. The summed E-state index contributed by atoms with van der Waals surface area (Å²) in [7, 11) is -2.08. The first-order valence-corrected chi connectivity index (χ1v) is 9.21. The standard InChI is InChI=1S/C12H9Br2NO3S2/c1-18-12-9(13)5-8(6-10(12)14)7-15-20(16,17)11-3-2-4-19-11/h2-7H,1H3/b15-7-. The number of sulfonamides is 1. The molecule has 106 valence electrons. The molecule has 0 spiro atoms. The number of halogens is 2. The van der Waals surface area contributed by atoms with Crippen LogP contribution < -0.4 is 4.74 Å². The molecule has 0 amide bonds. The molecule has 0 bridgehead atoms. The average Bonchev–Trinajstić information content (AvgIpc) is 2.91. The Morgan fingerprint density at radius 2 is 1.95 bits per heavy atom. The van der Waals surface area contributed by atoms with Gasteiger partial charge < -0.3 is 4.74 Å². The third kappa shape index (κ3) is 3.49. The quantitative estimate of drug-likeness (QED) is 0.675. The molecular formula is C12H9Br2NO3S2. The minimum absolute atomic E-state index is 0.223. The predicted octanol–water partition coefficient (Wildman–Crippen LogP) is 4.09. The van der Waals surface area contributed by atoms with Crippen LogP contribution in [-0.2, 0) is 10.0 Å². The van der Waals surface area contributed by atoms with Crippen LogP contribution in [0, 0.1) is 0 Å². The van der Waals surface area contributed by atoms with Crippen molar-refractivity contribution < 1.29 is 13.2 Å². The second-order valence-corrected chi connectivity index (χ2v) is 8.18. The van der Waals surface area contributed by atoms with E-state index in [-0.39, 0.29) is 4.21 Å². The van der Waals surface area contributed by atoms with Crippen molar-refractivity contribution in [2.24, 2.45) is 4.40 Å². The lowest BCUT2D eigenvalue weighted by atomic mass is 10.2. The van der Waals surface area contributed by atoms with E-state index in [2.05, 4.69) is 36.3 Å². The Labute approximate surface area is 137 Å². The Hall–Kier alpha value is -0.700. The number of thiophene rings is 1. The van der Waals surface area contributed by atoms with Gasteiger partial charge in [0.1, 0.15) is 9.96 Å². The van der Waals surface area contributed by atoms with Gasteiger partial charge in [-0.3, -0.25) is 0 Å². The second kappa shape index (κ2) is 6.38. The molecular weight excluding hydrogens is 430 g/mol. The average molecular weight is 439 g/mol. The van der Waals surface area contributed by atoms with Crippen LogP contribution in [0.5, 0.6) is 5.75 Å². The fourth-order valence-corrected chi connectivity index (χ4v) is 4.83. The Bertz CT molecular complexity index is 717. The van der Waals surface area contributed by atoms with Crippen molar-refractivity contribution in [3.8, 4) is 5.75 Å². The van der Waals surface area contributed by atoms with Gasteiger partial charge in [0.15, 0.2) is 0 Å². The van der Waals surface area contributed by atoms with E-state index in [4.69, 9.17) is 4.74 Å². The molecule has 0 aliphatic carbocycles. The van der Waals surface area contributed by atoms with Crippen LogP contribution in [0.1, 0.15) is 5.56 Å². The minimum atomic E-state index is -3.63. The van der Waals surface area contributed by atoms with Gasteiger partial charge in [-0.1, -0.05) is 6.07 Å². The molecule has 2 aromatic rings. The van der Waals surface area contributed by atoms with Crippen LogP contribution in [0.15, 0.2) is 47.2 Å². The SMILES string of the molecule is COc1c(Br)cc(/C=N\S(=O)(=O)c2cccs2)cc1Br. The molecule has 8 heteroatoms. The second-order valence-electron chi connectivity index (χ2n) is 3.66. The Morgan fingerprint density at radius 3 is 2.45 bits per heavy atom. The van der Waals surface area contributed by atoms with Gasteiger partial charge in [0.05, 0.1) is 16.1 Å². The number of nitrogens with zero attached hydrogens (tertiary/aromatic N) is 1. The van der Waals surface area contributed by atoms with Gasteiger partial charge in [-0.25, -0.2) is 0 Å². The number of benzene rings is 1. The van der Waals surface area contributed by atoms with E-state index >= 15 is 0 Å². The number of ether oxygens (including phenoxy) is 1. The molecule has 2 rings (SSSR count). The van der Waals surface area contributed by atoms with Crippen LogP contribution in [0.4, 0.5) is 0 Å². The summed E-state index contributed by atoms with van der Waals surface area (Å²) in [5.74, 6) is 0.642. The summed E-state index contributed by atoms with van der Waals surface area (Å²) < 4.78 is 34.4. The highest BCUT2D eigenvalue weighted by Gasteiger charge is 2.13. The van der Waals surface area contributed by atoms with Gasteiger partial charge in [-0.2, -0.15) is 12.8 Å². The molecule has 0 unspecified atom stereocenters. The molecule has 20 heavy (non-hydrogen) atoms. The van der Waals surface area contributed by atoms with Crippen molar-refractivity contribution in [3.63, 3.8) is 0 Å². The highest BCUT2D eigenvalue weighted by atomic mass is 79.9. The Morgan fingerprint density at radius 1 is 1.30 bits per heavy atom. The summed E-state index contributed by atoms with van der Waals surface area (Å²) in [5, 5.41) is 1.70. The van der Waals surface area contributed by atoms with Crippen LogP contribution >= 0.6 is 43.2 Å². The summed E-state index contributed by atoms with van der Waals surface area (Å²) in [5.41, 5.74) is 0.643. The molecule has 0 saturated carbocycles. The first kappa shape index (κ1) is 15.7. The van der Waals surface area contributed by atoms with E-state index in [1.807, 2.05) is 0 Å². The van der Waals surface area contributed by atoms with E-state index in [0.29, 0.717) is 20.3 Å². The summed E-state index contributed by atoms with van der Waals surface area (Å²) in [4.78, 5) is 0. The van der Waals surface area contributed by atoms with Gasteiger partial charge in [0, 0.05) is 6.21 Å². The Balaban J connectivity index is 2.33. The van der Waals surface area contributed by atoms with Gasteiger partial charge in [-0.05, 0) is 61.0 Å². The van der Waals surface area contributed by atoms with E-state index < -0.39 is 10.0 Å². The van der Waals surface area contributed by atoms with Crippen molar-refractivity contribution >= 4 is 59.4 Å². The van der Waals surface area contributed by atoms with E-state index in [0.717, 1.165) is 11.3 Å². The van der Waals surface area contributed by atoms with Crippen LogP contribution in [0.3, 0.4) is 0 Å². The molecule has 1 aromatic heterocycles. The highest BCUT2D eigenvalue weighted by Crippen LogP contribution is 2.34. The minimum Gasteiger partial charge on any atom is -0.494 e. The van der Waals surface area contributed by atoms with E-state index in [1.165, 1.54) is 12.3 Å². The molecule has 1 aromatic carbocycles. The monoisotopic (exact) mass is 437 g/mol. The third-order valence-corrected chi connectivity index (χ3v) is 6.10. The number of hydrogen-bond acceptors (Lipinski definition) is 4. The zero-order valence-electron chi connectivity index (χ0n) is 10.2. The van der Waals surface area contributed by atoms with Gasteiger partial charge in [0.2, 0.25) is 0 Å². The lowest BCUT2D eigenvalue weighted by molar-refractivity contribution is 0.409. The van der Waals surface area contributed by atoms with Crippen molar-refractivity contribution in [1.82, 2.24) is 0 Å². The molecule has 0 saturated heterocycles. The molecule has 1 heterocycles. The first-order chi connectivity index (χ1) is 9.44. The molecule has 0 radical (unpaired) electrons. The summed E-state index contributed by atoms with van der Waals surface area (Å²) in [6, 6.07) is 6.67. The fourth-order valence-electron chi connectivity index (χ4n) is 1.44. The maximum Gasteiger partial charge on any atom is 0.291 e. The first-order valence-electron chi connectivity index (χ1n) is 5.31. The van der Waals surface area contributed by atoms with E-state index in [1.54, 1.807) is 30.7 Å². The lowest BCUT2D eigenvalue weighted by Crippen LogP contribution is -1.95. The number of methoxy groups -OCH3 is 1.